The van der Waals surface area contributed by atoms with Crippen molar-refractivity contribution >= 4 is 23.3 Å². The van der Waals surface area contributed by atoms with E-state index in [1.165, 1.54) is 11.3 Å². The highest BCUT2D eigenvalue weighted by molar-refractivity contribution is 7.10. The zero-order valence-corrected chi connectivity index (χ0v) is 11.7. The molecule has 2 aromatic heterocycles. The number of aromatic nitrogens is 2. The summed E-state index contributed by atoms with van der Waals surface area (Å²) in [5.74, 6) is 0.315. The minimum Gasteiger partial charge on any atom is -0.424 e. The zero-order valence-electron chi connectivity index (χ0n) is 10.9. The first-order valence-electron chi connectivity index (χ1n) is 5.98. The number of thiophene rings is 1. The second kappa shape index (κ2) is 4.41. The predicted molar refractivity (Wildman–Crippen MR) is 69.8 cm³/mol. The molecule has 1 atom stereocenters. The van der Waals surface area contributed by atoms with Gasteiger partial charge in [-0.25, -0.2) is 4.79 Å². The van der Waals surface area contributed by atoms with E-state index in [0.717, 1.165) is 9.78 Å². The molecule has 0 radical (unpaired) electrons. The highest BCUT2D eigenvalue weighted by Crippen LogP contribution is 2.32. The van der Waals surface area contributed by atoms with Gasteiger partial charge >= 0.3 is 6.03 Å². The number of carbonyl (C=O) groups excluding carboxylic acids is 2. The molecule has 8 heteroatoms. The Kier molecular flexibility index (Phi) is 2.82. The number of hydrogen-bond donors (Lipinski definition) is 1. The quantitative estimate of drug-likeness (QED) is 0.864. The van der Waals surface area contributed by atoms with Crippen molar-refractivity contribution in [3.8, 4) is 0 Å². The lowest BCUT2D eigenvalue weighted by Gasteiger charge is -2.19. The fourth-order valence-electron chi connectivity index (χ4n) is 2.11. The second-order valence-electron chi connectivity index (χ2n) is 4.64. The van der Waals surface area contributed by atoms with Crippen LogP contribution in [0.15, 0.2) is 21.9 Å². The molecule has 0 saturated carbocycles. The first kappa shape index (κ1) is 12.8. The summed E-state index contributed by atoms with van der Waals surface area (Å²) in [5, 5.41) is 12.1. The van der Waals surface area contributed by atoms with Crippen LogP contribution in [0.4, 0.5) is 4.79 Å². The third-order valence-corrected chi connectivity index (χ3v) is 4.24. The molecule has 7 nitrogen and oxygen atoms in total. The van der Waals surface area contributed by atoms with Gasteiger partial charge in [-0.1, -0.05) is 6.07 Å². The van der Waals surface area contributed by atoms with Gasteiger partial charge in [-0.3, -0.25) is 9.69 Å². The van der Waals surface area contributed by atoms with Gasteiger partial charge < -0.3 is 9.73 Å². The predicted octanol–water partition coefficient (Wildman–Crippen LogP) is 1.41. The van der Waals surface area contributed by atoms with E-state index in [-0.39, 0.29) is 18.3 Å². The van der Waals surface area contributed by atoms with Gasteiger partial charge in [-0.05, 0) is 18.4 Å². The zero-order chi connectivity index (χ0) is 14.3. The third-order valence-electron chi connectivity index (χ3n) is 3.15. The molecule has 3 amide bonds. The van der Waals surface area contributed by atoms with Gasteiger partial charge in [-0.2, -0.15) is 0 Å². The molecular weight excluding hydrogens is 280 g/mol. The van der Waals surface area contributed by atoms with Crippen molar-refractivity contribution in [3.05, 3.63) is 34.2 Å². The standard InChI is InChI=1S/C12H12N4O3S/c1-7-14-15-9(19-7)6-16-10(17)12(2,13-11(16)18)8-4-3-5-20-8/h3-5H,6H2,1-2H3,(H,13,18). The van der Waals surface area contributed by atoms with Crippen molar-refractivity contribution in [1.29, 1.82) is 0 Å². The van der Waals surface area contributed by atoms with Gasteiger partial charge in [0, 0.05) is 11.8 Å². The number of imide groups is 1. The SMILES string of the molecule is Cc1nnc(CN2C(=O)NC(C)(c3cccs3)C2=O)o1. The van der Waals surface area contributed by atoms with Crippen LogP contribution in [-0.4, -0.2) is 27.0 Å². The summed E-state index contributed by atoms with van der Waals surface area (Å²) in [4.78, 5) is 26.4. The smallest absolute Gasteiger partial charge is 0.325 e. The maximum atomic E-state index is 12.5. The fraction of sp³-hybridized carbons (Fsp3) is 0.333. The van der Waals surface area contributed by atoms with Crippen molar-refractivity contribution in [3.63, 3.8) is 0 Å². The summed E-state index contributed by atoms with van der Waals surface area (Å²) >= 11 is 1.42. The monoisotopic (exact) mass is 292 g/mol. The number of aryl methyl sites for hydroxylation is 1. The lowest BCUT2D eigenvalue weighted by molar-refractivity contribution is -0.131. The molecule has 0 spiro atoms. The van der Waals surface area contributed by atoms with Gasteiger partial charge in [0.05, 0.1) is 0 Å². The van der Waals surface area contributed by atoms with E-state index >= 15 is 0 Å². The summed E-state index contributed by atoms with van der Waals surface area (Å²) < 4.78 is 5.21. The largest absolute Gasteiger partial charge is 0.424 e. The molecule has 2 aromatic rings. The van der Waals surface area contributed by atoms with Crippen LogP contribution in [0, 0.1) is 6.92 Å². The van der Waals surface area contributed by atoms with Crippen LogP contribution in [0.3, 0.4) is 0 Å². The van der Waals surface area contributed by atoms with Gasteiger partial charge in [0.1, 0.15) is 6.54 Å². The number of amides is 3. The average molecular weight is 292 g/mol. The van der Waals surface area contributed by atoms with Gasteiger partial charge in [0.15, 0.2) is 5.54 Å². The second-order valence-corrected chi connectivity index (χ2v) is 5.59. The number of carbonyl (C=O) groups is 2. The van der Waals surface area contributed by atoms with Crippen molar-refractivity contribution in [1.82, 2.24) is 20.4 Å². The van der Waals surface area contributed by atoms with Gasteiger partial charge in [0.2, 0.25) is 11.8 Å². The molecule has 104 valence electrons. The highest BCUT2D eigenvalue weighted by Gasteiger charge is 2.50. The van der Waals surface area contributed by atoms with E-state index in [0.29, 0.717) is 5.89 Å². The Bertz CT molecular complexity index is 666. The number of urea groups is 1. The highest BCUT2D eigenvalue weighted by atomic mass is 32.1. The molecule has 1 N–H and O–H groups in total. The van der Waals surface area contributed by atoms with Crippen molar-refractivity contribution < 1.29 is 14.0 Å². The Morgan fingerprint density at radius 1 is 1.45 bits per heavy atom. The lowest BCUT2D eigenvalue weighted by atomic mass is 10.0. The molecule has 1 unspecified atom stereocenters. The van der Waals surface area contributed by atoms with Crippen molar-refractivity contribution in [2.45, 2.75) is 25.9 Å². The Hall–Kier alpha value is -2.22. The van der Waals surface area contributed by atoms with Crippen LogP contribution < -0.4 is 5.32 Å². The van der Waals surface area contributed by atoms with Crippen LogP contribution >= 0.6 is 11.3 Å². The van der Waals surface area contributed by atoms with E-state index in [2.05, 4.69) is 15.5 Å². The topological polar surface area (TPSA) is 88.3 Å². The number of nitrogens with zero attached hydrogens (tertiary/aromatic N) is 3. The van der Waals surface area contributed by atoms with Gasteiger partial charge in [-0.15, -0.1) is 21.5 Å². The van der Waals surface area contributed by atoms with Crippen molar-refractivity contribution in [2.75, 3.05) is 0 Å². The van der Waals surface area contributed by atoms with Gasteiger partial charge in [0.25, 0.3) is 5.91 Å². The van der Waals surface area contributed by atoms with Crippen LogP contribution in [0.1, 0.15) is 23.6 Å². The van der Waals surface area contributed by atoms with Crippen molar-refractivity contribution in [2.24, 2.45) is 0 Å². The molecule has 0 aromatic carbocycles. The minimum absolute atomic E-state index is 0.0214. The maximum absolute atomic E-state index is 12.5. The van der Waals surface area contributed by atoms with E-state index in [9.17, 15) is 9.59 Å². The molecule has 20 heavy (non-hydrogen) atoms. The van der Waals surface area contributed by atoms with E-state index in [1.54, 1.807) is 13.8 Å². The Labute approximate surface area is 118 Å². The van der Waals surface area contributed by atoms with E-state index in [4.69, 9.17) is 4.42 Å². The normalized spacial score (nSPS) is 22.4. The summed E-state index contributed by atoms with van der Waals surface area (Å²) in [6.07, 6.45) is 0. The van der Waals surface area contributed by atoms with Crippen LogP contribution in [-0.2, 0) is 16.9 Å². The minimum atomic E-state index is -1.03. The van der Waals surface area contributed by atoms with Crippen LogP contribution in [0.25, 0.3) is 0 Å². The Morgan fingerprint density at radius 2 is 2.25 bits per heavy atom. The van der Waals surface area contributed by atoms with E-state index < -0.39 is 11.6 Å². The van der Waals surface area contributed by atoms with E-state index in [1.807, 2.05) is 17.5 Å². The number of rotatable bonds is 3. The fourth-order valence-corrected chi connectivity index (χ4v) is 2.94. The molecule has 1 aliphatic heterocycles. The molecule has 1 fully saturated rings. The lowest BCUT2D eigenvalue weighted by Crippen LogP contribution is -2.40. The Morgan fingerprint density at radius 3 is 2.85 bits per heavy atom. The molecule has 1 saturated heterocycles. The number of hydrogen-bond acceptors (Lipinski definition) is 6. The summed E-state index contributed by atoms with van der Waals surface area (Å²) in [6, 6.07) is 3.21. The van der Waals surface area contributed by atoms with Crippen LogP contribution in [0.5, 0.6) is 0 Å². The first-order valence-corrected chi connectivity index (χ1v) is 6.86. The molecular formula is C12H12N4O3S. The molecule has 3 heterocycles. The first-order chi connectivity index (χ1) is 9.50. The summed E-state index contributed by atoms with van der Waals surface area (Å²) in [7, 11) is 0. The number of nitrogens with one attached hydrogen (secondary N) is 1. The summed E-state index contributed by atoms with van der Waals surface area (Å²) in [6.45, 7) is 3.32. The molecule has 0 bridgehead atoms. The average Bonchev–Trinajstić information content (AvgIpc) is 3.09. The summed E-state index contributed by atoms with van der Waals surface area (Å²) in [5.41, 5.74) is -1.03. The molecule has 0 aliphatic carbocycles. The Balaban J connectivity index is 1.87. The molecule has 3 rings (SSSR count). The molecule has 1 aliphatic rings. The third kappa shape index (κ3) is 1.88. The maximum Gasteiger partial charge on any atom is 0.325 e. The van der Waals surface area contributed by atoms with Crippen LogP contribution in [0.2, 0.25) is 0 Å².